The van der Waals surface area contributed by atoms with Crippen LogP contribution in [0.1, 0.15) is 6.92 Å². The summed E-state index contributed by atoms with van der Waals surface area (Å²) in [6.45, 7) is -0.809. The van der Waals surface area contributed by atoms with Crippen molar-refractivity contribution in [3.05, 3.63) is 42.5 Å². The highest BCUT2D eigenvalue weighted by atomic mass is 19.3. The molecule has 26 heavy (non-hydrogen) atoms. The Labute approximate surface area is 149 Å². The van der Waals surface area contributed by atoms with E-state index in [1.54, 1.807) is 24.3 Å². The minimum absolute atomic E-state index is 0.133. The Hall–Kier alpha value is -3.03. The van der Waals surface area contributed by atoms with Crippen LogP contribution in [0.5, 0.6) is 23.0 Å². The zero-order valence-corrected chi connectivity index (χ0v) is 14.3. The summed E-state index contributed by atoms with van der Waals surface area (Å²) in [6, 6.07) is 11.0. The summed E-state index contributed by atoms with van der Waals surface area (Å²) in [5.74, 6) is 0.711. The van der Waals surface area contributed by atoms with Crippen molar-refractivity contribution in [2.75, 3.05) is 25.6 Å². The van der Waals surface area contributed by atoms with Gasteiger partial charge >= 0.3 is 6.61 Å². The van der Waals surface area contributed by atoms with Crippen molar-refractivity contribution in [2.24, 2.45) is 0 Å². The minimum atomic E-state index is -3.00. The standard InChI is InChI=1S/C18H19F2NO5/c1-3-24-13-5-7-14(8-6-13)25-11-17(22)21-12-4-9-15(23-2)16(10-12)26-18(19)20/h4-10,18H,3,11H2,1-2H3,(H,21,22). The first kappa shape index (κ1) is 19.3. The molecule has 0 saturated heterocycles. The third kappa shape index (κ3) is 5.80. The van der Waals surface area contributed by atoms with E-state index in [1.165, 1.54) is 25.3 Å². The third-order valence-corrected chi connectivity index (χ3v) is 3.17. The van der Waals surface area contributed by atoms with Crippen LogP contribution in [-0.4, -0.2) is 32.8 Å². The molecule has 2 aromatic carbocycles. The van der Waals surface area contributed by atoms with Gasteiger partial charge in [-0.1, -0.05) is 0 Å². The number of halogens is 2. The molecule has 2 rings (SSSR count). The van der Waals surface area contributed by atoms with Gasteiger partial charge in [-0.2, -0.15) is 8.78 Å². The number of nitrogens with one attached hydrogen (secondary N) is 1. The van der Waals surface area contributed by atoms with Gasteiger partial charge in [0.05, 0.1) is 13.7 Å². The molecule has 0 aliphatic rings. The number of amides is 1. The second-order valence-corrected chi connectivity index (χ2v) is 4.99. The van der Waals surface area contributed by atoms with E-state index in [2.05, 4.69) is 10.1 Å². The monoisotopic (exact) mass is 367 g/mol. The summed E-state index contributed by atoms with van der Waals surface area (Å²) in [4.78, 5) is 12.0. The summed E-state index contributed by atoms with van der Waals surface area (Å²) in [5, 5.41) is 2.54. The Morgan fingerprint density at radius 1 is 1.04 bits per heavy atom. The average molecular weight is 367 g/mol. The number of methoxy groups -OCH3 is 1. The van der Waals surface area contributed by atoms with Gasteiger partial charge in [0, 0.05) is 11.8 Å². The van der Waals surface area contributed by atoms with E-state index < -0.39 is 12.5 Å². The maximum Gasteiger partial charge on any atom is 0.387 e. The SMILES string of the molecule is CCOc1ccc(OCC(=O)Nc2ccc(OC)c(OC(F)F)c2)cc1. The number of ether oxygens (including phenoxy) is 4. The molecule has 0 aromatic heterocycles. The largest absolute Gasteiger partial charge is 0.494 e. The molecule has 0 heterocycles. The van der Waals surface area contributed by atoms with E-state index in [4.69, 9.17) is 14.2 Å². The number of hydrogen-bond acceptors (Lipinski definition) is 5. The lowest BCUT2D eigenvalue weighted by molar-refractivity contribution is -0.118. The van der Waals surface area contributed by atoms with E-state index in [9.17, 15) is 13.6 Å². The topological polar surface area (TPSA) is 66.0 Å². The fraction of sp³-hybridized carbons (Fsp3) is 0.278. The van der Waals surface area contributed by atoms with Crippen molar-refractivity contribution in [2.45, 2.75) is 13.5 Å². The van der Waals surface area contributed by atoms with Crippen LogP contribution in [0.3, 0.4) is 0 Å². The molecule has 0 radical (unpaired) electrons. The van der Waals surface area contributed by atoms with Crippen LogP contribution < -0.4 is 24.3 Å². The van der Waals surface area contributed by atoms with Gasteiger partial charge in [-0.15, -0.1) is 0 Å². The van der Waals surface area contributed by atoms with Crippen LogP contribution in [0, 0.1) is 0 Å². The summed E-state index contributed by atoms with van der Waals surface area (Å²) >= 11 is 0. The molecular formula is C18H19F2NO5. The van der Waals surface area contributed by atoms with Crippen molar-refractivity contribution in [1.82, 2.24) is 0 Å². The Kier molecular flexibility index (Phi) is 7.02. The summed E-state index contributed by atoms with van der Waals surface area (Å²) in [5.41, 5.74) is 0.279. The molecule has 1 N–H and O–H groups in total. The predicted molar refractivity (Wildman–Crippen MR) is 91.4 cm³/mol. The van der Waals surface area contributed by atoms with Crippen LogP contribution in [0.15, 0.2) is 42.5 Å². The molecule has 0 atom stereocenters. The van der Waals surface area contributed by atoms with Gasteiger partial charge in [0.1, 0.15) is 11.5 Å². The van der Waals surface area contributed by atoms with Gasteiger partial charge in [0.15, 0.2) is 18.1 Å². The zero-order valence-electron chi connectivity index (χ0n) is 14.3. The molecule has 8 heteroatoms. The molecule has 0 aliphatic carbocycles. The highest BCUT2D eigenvalue weighted by Gasteiger charge is 2.12. The van der Waals surface area contributed by atoms with Crippen molar-refractivity contribution in [3.63, 3.8) is 0 Å². The van der Waals surface area contributed by atoms with Crippen LogP contribution in [0.2, 0.25) is 0 Å². The number of hydrogen-bond donors (Lipinski definition) is 1. The second kappa shape index (κ2) is 9.45. The lowest BCUT2D eigenvalue weighted by Crippen LogP contribution is -2.20. The number of carbonyl (C=O) groups excluding carboxylic acids is 1. The molecule has 1 amide bonds. The number of rotatable bonds is 9. The van der Waals surface area contributed by atoms with Gasteiger partial charge in [0.2, 0.25) is 0 Å². The van der Waals surface area contributed by atoms with Gasteiger partial charge in [-0.25, -0.2) is 0 Å². The van der Waals surface area contributed by atoms with Crippen molar-refractivity contribution >= 4 is 11.6 Å². The van der Waals surface area contributed by atoms with Gasteiger partial charge in [-0.3, -0.25) is 4.79 Å². The zero-order chi connectivity index (χ0) is 18.9. The molecule has 0 aliphatic heterocycles. The maximum absolute atomic E-state index is 12.4. The average Bonchev–Trinajstić information content (AvgIpc) is 2.61. The molecule has 2 aromatic rings. The van der Waals surface area contributed by atoms with Crippen LogP contribution >= 0.6 is 0 Å². The van der Waals surface area contributed by atoms with E-state index in [0.717, 1.165) is 0 Å². The van der Waals surface area contributed by atoms with Crippen LogP contribution in [0.25, 0.3) is 0 Å². The first-order valence-electron chi connectivity index (χ1n) is 7.80. The lowest BCUT2D eigenvalue weighted by Gasteiger charge is -2.12. The Balaban J connectivity index is 1.92. The van der Waals surface area contributed by atoms with E-state index >= 15 is 0 Å². The molecule has 6 nitrogen and oxygen atoms in total. The maximum atomic E-state index is 12.4. The highest BCUT2D eigenvalue weighted by Crippen LogP contribution is 2.31. The Bertz CT molecular complexity index is 722. The quantitative estimate of drug-likeness (QED) is 0.732. The van der Waals surface area contributed by atoms with Crippen LogP contribution in [0.4, 0.5) is 14.5 Å². The summed E-state index contributed by atoms with van der Waals surface area (Å²) in [6.07, 6.45) is 0. The first-order valence-corrected chi connectivity index (χ1v) is 7.80. The first-order chi connectivity index (χ1) is 12.5. The normalized spacial score (nSPS) is 10.3. The summed E-state index contributed by atoms with van der Waals surface area (Å²) in [7, 11) is 1.33. The Morgan fingerprint density at radius 2 is 1.69 bits per heavy atom. The second-order valence-electron chi connectivity index (χ2n) is 4.99. The van der Waals surface area contributed by atoms with Gasteiger partial charge < -0.3 is 24.3 Å². The van der Waals surface area contributed by atoms with E-state index in [1.807, 2.05) is 6.92 Å². The molecule has 0 fully saturated rings. The Morgan fingerprint density at radius 3 is 2.27 bits per heavy atom. The molecular weight excluding hydrogens is 348 g/mol. The van der Waals surface area contributed by atoms with Crippen molar-refractivity contribution in [1.29, 1.82) is 0 Å². The smallest absolute Gasteiger partial charge is 0.387 e. The lowest BCUT2D eigenvalue weighted by atomic mass is 10.2. The molecule has 0 saturated carbocycles. The van der Waals surface area contributed by atoms with E-state index in [-0.39, 0.29) is 23.8 Å². The minimum Gasteiger partial charge on any atom is -0.494 e. The van der Waals surface area contributed by atoms with Gasteiger partial charge in [0.25, 0.3) is 5.91 Å². The third-order valence-electron chi connectivity index (χ3n) is 3.17. The number of anilines is 1. The fourth-order valence-electron chi connectivity index (χ4n) is 2.09. The fourth-order valence-corrected chi connectivity index (χ4v) is 2.09. The number of alkyl halides is 2. The summed E-state index contributed by atoms with van der Waals surface area (Å²) < 4.78 is 44.8. The molecule has 0 spiro atoms. The molecule has 140 valence electrons. The van der Waals surface area contributed by atoms with Gasteiger partial charge in [-0.05, 0) is 43.3 Å². The number of carbonyl (C=O) groups is 1. The number of benzene rings is 2. The molecule has 0 unspecified atom stereocenters. The van der Waals surface area contributed by atoms with E-state index in [0.29, 0.717) is 18.1 Å². The van der Waals surface area contributed by atoms with Crippen LogP contribution in [-0.2, 0) is 4.79 Å². The highest BCUT2D eigenvalue weighted by molar-refractivity contribution is 5.92. The van der Waals surface area contributed by atoms with Crippen molar-refractivity contribution in [3.8, 4) is 23.0 Å². The molecule has 0 bridgehead atoms. The van der Waals surface area contributed by atoms with Crippen molar-refractivity contribution < 1.29 is 32.5 Å². The predicted octanol–water partition coefficient (Wildman–Crippen LogP) is 3.71.